The van der Waals surface area contributed by atoms with Crippen LogP contribution in [0.4, 0.5) is 5.82 Å². The molecule has 3 aromatic rings. The molecule has 4 rings (SSSR count). The van der Waals surface area contributed by atoms with Gasteiger partial charge in [-0.05, 0) is 28.9 Å². The Balaban J connectivity index is 1.72. The first-order valence-electron chi connectivity index (χ1n) is 8.94. The van der Waals surface area contributed by atoms with E-state index in [1.807, 2.05) is 35.0 Å². The number of carbonyl (C=O) groups is 1. The number of nitrogens with one attached hydrogen (secondary N) is 1. The number of amides is 1. The molecule has 0 saturated heterocycles. The molecule has 0 fully saturated rings. The maximum atomic E-state index is 13.0. The van der Waals surface area contributed by atoms with E-state index < -0.39 is 10.8 Å². The Morgan fingerprint density at radius 3 is 2.71 bits per heavy atom. The molecule has 0 saturated carbocycles. The van der Waals surface area contributed by atoms with Crippen LogP contribution >= 0.6 is 0 Å². The van der Waals surface area contributed by atoms with Crippen molar-refractivity contribution in [2.24, 2.45) is 5.41 Å². The average Bonchev–Trinajstić information content (AvgIpc) is 3.26. The molecule has 0 unspecified atom stereocenters. The molecule has 1 amide bonds. The summed E-state index contributed by atoms with van der Waals surface area (Å²) in [5.74, 6) is -0.791. The van der Waals surface area contributed by atoms with E-state index >= 15 is 0 Å². The first-order chi connectivity index (χ1) is 13.4. The second-order valence-electron chi connectivity index (χ2n) is 7.76. The number of benzene rings is 1. The van der Waals surface area contributed by atoms with Crippen molar-refractivity contribution in [3.8, 4) is 5.69 Å². The van der Waals surface area contributed by atoms with Crippen molar-refractivity contribution in [1.29, 1.82) is 0 Å². The molecule has 9 nitrogen and oxygen atoms in total. The predicted octanol–water partition coefficient (Wildman–Crippen LogP) is 2.73. The lowest BCUT2D eigenvalue weighted by Crippen LogP contribution is -2.37. The summed E-state index contributed by atoms with van der Waals surface area (Å²) in [5, 5.41) is 21.7. The highest BCUT2D eigenvalue weighted by Crippen LogP contribution is 2.32. The summed E-state index contributed by atoms with van der Waals surface area (Å²) >= 11 is 0. The topological polar surface area (TPSA) is 110 Å². The quantitative estimate of drug-likeness (QED) is 0.555. The van der Waals surface area contributed by atoms with Crippen LogP contribution in [-0.2, 0) is 13.0 Å². The van der Waals surface area contributed by atoms with Crippen molar-refractivity contribution < 1.29 is 9.72 Å². The molecule has 1 aliphatic rings. The van der Waals surface area contributed by atoms with Gasteiger partial charge in [0, 0.05) is 24.3 Å². The van der Waals surface area contributed by atoms with Gasteiger partial charge in [0.2, 0.25) is 0 Å². The predicted molar refractivity (Wildman–Crippen MR) is 101 cm³/mol. The summed E-state index contributed by atoms with van der Waals surface area (Å²) in [6, 6.07) is 9.85. The summed E-state index contributed by atoms with van der Waals surface area (Å²) in [7, 11) is 0. The smallest absolute Gasteiger partial charge is 0.355 e. The maximum Gasteiger partial charge on any atom is 0.355 e. The largest absolute Gasteiger partial charge is 0.358 e. The first-order valence-corrected chi connectivity index (χ1v) is 8.94. The van der Waals surface area contributed by atoms with Crippen molar-refractivity contribution in [3.05, 3.63) is 69.7 Å². The number of nitrogens with zero attached hydrogens (tertiary/aromatic N) is 5. The highest BCUT2D eigenvalue weighted by molar-refractivity contribution is 5.97. The van der Waals surface area contributed by atoms with Gasteiger partial charge in [0.05, 0.1) is 18.1 Å². The van der Waals surface area contributed by atoms with Crippen LogP contribution in [0.3, 0.4) is 0 Å². The number of carbonyl (C=O) groups excluding carboxylic acids is 1. The van der Waals surface area contributed by atoms with E-state index in [0.29, 0.717) is 13.1 Å². The Morgan fingerprint density at radius 1 is 1.25 bits per heavy atom. The molecule has 0 radical (unpaired) electrons. The minimum Gasteiger partial charge on any atom is -0.358 e. The molecule has 1 aromatic carbocycles. The van der Waals surface area contributed by atoms with Gasteiger partial charge in [-0.3, -0.25) is 4.79 Å². The molecule has 28 heavy (non-hydrogen) atoms. The first kappa shape index (κ1) is 17.9. The Bertz CT molecular complexity index is 1040. The lowest BCUT2D eigenvalue weighted by atomic mass is 9.87. The number of fused-ring (bicyclic) bond motifs is 1. The van der Waals surface area contributed by atoms with Crippen LogP contribution in [0.25, 0.3) is 5.69 Å². The zero-order valence-electron chi connectivity index (χ0n) is 15.6. The van der Waals surface area contributed by atoms with Crippen molar-refractivity contribution in [3.63, 3.8) is 0 Å². The number of H-pyrrole nitrogens is 1. The maximum absolute atomic E-state index is 13.0. The van der Waals surface area contributed by atoms with Crippen molar-refractivity contribution in [1.82, 2.24) is 24.9 Å². The van der Waals surface area contributed by atoms with Gasteiger partial charge in [-0.25, -0.2) is 4.68 Å². The number of nitro groups is 1. The van der Waals surface area contributed by atoms with Gasteiger partial charge in [-0.2, -0.15) is 5.10 Å². The third kappa shape index (κ3) is 3.15. The van der Waals surface area contributed by atoms with Crippen molar-refractivity contribution in [2.75, 3.05) is 6.54 Å². The molecule has 2 aromatic heterocycles. The normalized spacial score (nSPS) is 15.7. The third-order valence-electron chi connectivity index (χ3n) is 4.90. The summed E-state index contributed by atoms with van der Waals surface area (Å²) in [6.07, 6.45) is 3.72. The van der Waals surface area contributed by atoms with Crippen LogP contribution in [0, 0.1) is 15.5 Å². The summed E-state index contributed by atoms with van der Waals surface area (Å²) in [4.78, 5) is 25.2. The number of aromatic nitrogens is 4. The monoisotopic (exact) mass is 380 g/mol. The molecular weight excluding hydrogens is 360 g/mol. The van der Waals surface area contributed by atoms with E-state index in [9.17, 15) is 14.9 Å². The summed E-state index contributed by atoms with van der Waals surface area (Å²) < 4.78 is 1.91. The zero-order chi connectivity index (χ0) is 19.9. The Kier molecular flexibility index (Phi) is 4.21. The van der Waals surface area contributed by atoms with Gasteiger partial charge in [0.15, 0.2) is 5.56 Å². The number of para-hydroxylation sites is 1. The molecule has 0 bridgehead atoms. The average molecular weight is 380 g/mol. The minimum absolute atomic E-state index is 0.0281. The van der Waals surface area contributed by atoms with Gasteiger partial charge in [0.25, 0.3) is 5.91 Å². The second-order valence-corrected chi connectivity index (χ2v) is 7.76. The third-order valence-corrected chi connectivity index (χ3v) is 4.90. The molecule has 1 aliphatic heterocycles. The fraction of sp³-hybridized carbons (Fsp3) is 0.316. The van der Waals surface area contributed by atoms with Crippen LogP contribution < -0.4 is 0 Å². The fourth-order valence-electron chi connectivity index (χ4n) is 3.70. The van der Waals surface area contributed by atoms with Crippen molar-refractivity contribution in [2.45, 2.75) is 26.8 Å². The van der Waals surface area contributed by atoms with E-state index in [1.165, 1.54) is 6.20 Å². The Labute approximate surface area is 161 Å². The van der Waals surface area contributed by atoms with E-state index in [0.717, 1.165) is 23.4 Å². The number of aromatic amines is 1. The highest BCUT2D eigenvalue weighted by atomic mass is 16.6. The standard InChI is InChI=1S/C19H20N6O3/c1-19(2)8-16-13(9-21-24(16)14-6-4-3-5-7-14)11-23(12-19)18(26)15-10-20-22-17(15)25(27)28/h3-7,9-10H,8,11-12H2,1-2H3,(H,20,22). The molecule has 1 N–H and O–H groups in total. The minimum atomic E-state index is -0.623. The molecular formula is C19H20N6O3. The molecule has 0 spiro atoms. The Morgan fingerprint density at radius 2 is 2.00 bits per heavy atom. The van der Waals surface area contributed by atoms with Crippen molar-refractivity contribution >= 4 is 11.7 Å². The van der Waals surface area contributed by atoms with Crippen LogP contribution in [0.15, 0.2) is 42.7 Å². The summed E-state index contributed by atoms with van der Waals surface area (Å²) in [5.41, 5.74) is 2.69. The van der Waals surface area contributed by atoms with E-state index in [2.05, 4.69) is 29.1 Å². The van der Waals surface area contributed by atoms with Crippen LogP contribution in [0.1, 0.15) is 35.5 Å². The van der Waals surface area contributed by atoms with Crippen LogP contribution in [-0.4, -0.2) is 42.3 Å². The molecule has 0 aliphatic carbocycles. The molecule has 0 atom stereocenters. The van der Waals surface area contributed by atoms with E-state index in [-0.39, 0.29) is 16.8 Å². The number of hydrogen-bond donors (Lipinski definition) is 1. The summed E-state index contributed by atoms with van der Waals surface area (Å²) in [6.45, 7) is 4.97. The van der Waals surface area contributed by atoms with Gasteiger partial charge < -0.3 is 15.0 Å². The van der Waals surface area contributed by atoms with E-state index in [1.54, 1.807) is 11.1 Å². The second kappa shape index (κ2) is 6.59. The molecule has 3 heterocycles. The highest BCUT2D eigenvalue weighted by Gasteiger charge is 2.35. The molecule has 144 valence electrons. The fourth-order valence-corrected chi connectivity index (χ4v) is 3.70. The van der Waals surface area contributed by atoms with Gasteiger partial charge in [-0.15, -0.1) is 5.10 Å². The van der Waals surface area contributed by atoms with Crippen LogP contribution in [0.2, 0.25) is 0 Å². The van der Waals surface area contributed by atoms with Gasteiger partial charge >= 0.3 is 5.82 Å². The van der Waals surface area contributed by atoms with Crippen LogP contribution in [0.5, 0.6) is 0 Å². The number of rotatable bonds is 3. The molecule has 9 heteroatoms. The zero-order valence-corrected chi connectivity index (χ0v) is 15.6. The van der Waals surface area contributed by atoms with Gasteiger partial charge in [0.1, 0.15) is 0 Å². The SMILES string of the molecule is CC1(C)Cc2c(cnn2-c2ccccc2)CN(C(=O)c2cn[nH]c2[N+](=O)[O-])C1. The lowest BCUT2D eigenvalue weighted by molar-refractivity contribution is -0.389. The Hall–Kier alpha value is -3.49. The van der Waals surface area contributed by atoms with Gasteiger partial charge in [-0.1, -0.05) is 37.1 Å². The van der Waals surface area contributed by atoms with E-state index in [4.69, 9.17) is 0 Å². The number of hydrogen-bond acceptors (Lipinski definition) is 5. The lowest BCUT2D eigenvalue weighted by Gasteiger charge is -2.29.